The van der Waals surface area contributed by atoms with E-state index >= 15 is 0 Å². The van der Waals surface area contributed by atoms with Crippen LogP contribution in [0.2, 0.25) is 0 Å². The molecule has 0 bridgehead atoms. The number of nitrogens with zero attached hydrogens (tertiary/aromatic N) is 2. The Hall–Kier alpha value is -1.98. The van der Waals surface area contributed by atoms with Gasteiger partial charge in [0.25, 0.3) is 0 Å². The van der Waals surface area contributed by atoms with Gasteiger partial charge in [-0.25, -0.2) is 15.8 Å². The molecule has 2 aromatic rings. The molecule has 2 aliphatic rings. The van der Waals surface area contributed by atoms with Crippen LogP contribution < -0.4 is 11.3 Å². The van der Waals surface area contributed by atoms with Crippen LogP contribution in [0.25, 0.3) is 0 Å². The fourth-order valence-corrected chi connectivity index (χ4v) is 3.29. The molecule has 0 amide bonds. The summed E-state index contributed by atoms with van der Waals surface area (Å²) in [6.07, 6.45) is 2.85. The van der Waals surface area contributed by atoms with E-state index in [0.717, 1.165) is 43.0 Å². The van der Waals surface area contributed by atoms with E-state index in [-0.39, 0.29) is 0 Å². The molecule has 5 nitrogen and oxygen atoms in total. The SMILES string of the molecule is NNc1nc(C2Cc3ccccc3C2)nc2c1COCC2. The van der Waals surface area contributed by atoms with Gasteiger partial charge in [0.2, 0.25) is 0 Å². The van der Waals surface area contributed by atoms with Gasteiger partial charge in [0, 0.05) is 17.9 Å². The Bertz CT molecular complexity index is 644. The monoisotopic (exact) mass is 282 g/mol. The standard InChI is InChI=1S/C16H18N4O/c17-20-16-13-9-21-6-5-14(13)18-15(19-16)12-7-10-3-1-2-4-11(10)8-12/h1-4,12H,5-9,17H2,(H,18,19,20). The topological polar surface area (TPSA) is 73.1 Å². The van der Waals surface area contributed by atoms with Crippen molar-refractivity contribution < 1.29 is 4.74 Å². The van der Waals surface area contributed by atoms with Crippen LogP contribution in [-0.4, -0.2) is 16.6 Å². The number of ether oxygens (including phenoxy) is 1. The van der Waals surface area contributed by atoms with E-state index in [1.54, 1.807) is 0 Å². The van der Waals surface area contributed by atoms with E-state index in [0.29, 0.717) is 18.3 Å². The molecule has 3 N–H and O–H groups in total. The lowest BCUT2D eigenvalue weighted by Crippen LogP contribution is -2.21. The first kappa shape index (κ1) is 12.7. The van der Waals surface area contributed by atoms with Gasteiger partial charge in [0.15, 0.2) is 0 Å². The summed E-state index contributed by atoms with van der Waals surface area (Å²) in [6, 6.07) is 8.59. The normalized spacial score (nSPS) is 17.4. The van der Waals surface area contributed by atoms with Gasteiger partial charge in [-0.2, -0.15) is 0 Å². The molecular weight excluding hydrogens is 264 g/mol. The number of aromatic nitrogens is 2. The van der Waals surface area contributed by atoms with Crippen LogP contribution in [-0.2, 0) is 30.6 Å². The van der Waals surface area contributed by atoms with Gasteiger partial charge in [-0.1, -0.05) is 24.3 Å². The highest BCUT2D eigenvalue weighted by Gasteiger charge is 2.27. The molecule has 1 aliphatic heterocycles. The zero-order valence-electron chi connectivity index (χ0n) is 11.8. The minimum absolute atomic E-state index is 0.350. The fraction of sp³-hybridized carbons (Fsp3) is 0.375. The summed E-state index contributed by atoms with van der Waals surface area (Å²) in [6.45, 7) is 1.26. The van der Waals surface area contributed by atoms with Crippen LogP contribution in [0, 0.1) is 0 Å². The Morgan fingerprint density at radius 2 is 1.90 bits per heavy atom. The summed E-state index contributed by atoms with van der Waals surface area (Å²) < 4.78 is 5.48. The first-order valence-corrected chi connectivity index (χ1v) is 7.36. The van der Waals surface area contributed by atoms with E-state index in [2.05, 4.69) is 34.7 Å². The van der Waals surface area contributed by atoms with Crippen LogP contribution in [0.5, 0.6) is 0 Å². The number of nitrogens with one attached hydrogen (secondary N) is 1. The summed E-state index contributed by atoms with van der Waals surface area (Å²) in [7, 11) is 0. The summed E-state index contributed by atoms with van der Waals surface area (Å²) in [5.41, 5.74) is 7.61. The highest BCUT2D eigenvalue weighted by atomic mass is 16.5. The second-order valence-electron chi connectivity index (χ2n) is 5.68. The lowest BCUT2D eigenvalue weighted by molar-refractivity contribution is 0.109. The number of fused-ring (bicyclic) bond motifs is 2. The minimum atomic E-state index is 0.350. The predicted molar refractivity (Wildman–Crippen MR) is 79.8 cm³/mol. The molecule has 0 saturated heterocycles. The van der Waals surface area contributed by atoms with E-state index < -0.39 is 0 Å². The third-order valence-electron chi connectivity index (χ3n) is 4.39. The molecule has 0 spiro atoms. The molecule has 0 fully saturated rings. The Kier molecular flexibility index (Phi) is 3.09. The van der Waals surface area contributed by atoms with Crippen molar-refractivity contribution in [2.75, 3.05) is 12.0 Å². The number of hydrazine groups is 1. The lowest BCUT2D eigenvalue weighted by Gasteiger charge is -2.20. The number of anilines is 1. The van der Waals surface area contributed by atoms with Gasteiger partial charge in [0.1, 0.15) is 11.6 Å². The van der Waals surface area contributed by atoms with Gasteiger partial charge in [0.05, 0.1) is 18.9 Å². The minimum Gasteiger partial charge on any atom is -0.376 e. The number of nitrogen functional groups attached to an aromatic ring is 1. The lowest BCUT2D eigenvalue weighted by atomic mass is 10.0. The third-order valence-corrected chi connectivity index (χ3v) is 4.39. The molecule has 0 saturated carbocycles. The maximum absolute atomic E-state index is 5.63. The average Bonchev–Trinajstić information content (AvgIpc) is 2.98. The Morgan fingerprint density at radius 3 is 2.62 bits per heavy atom. The van der Waals surface area contributed by atoms with Gasteiger partial charge in [-0.15, -0.1) is 0 Å². The second-order valence-corrected chi connectivity index (χ2v) is 5.68. The highest BCUT2D eigenvalue weighted by molar-refractivity contribution is 5.47. The zero-order valence-corrected chi connectivity index (χ0v) is 11.8. The second kappa shape index (κ2) is 5.09. The van der Waals surface area contributed by atoms with Crippen LogP contribution in [0.3, 0.4) is 0 Å². The Labute approximate surface area is 123 Å². The molecule has 108 valence electrons. The number of nitrogens with two attached hydrogens (primary N) is 1. The van der Waals surface area contributed by atoms with Crippen molar-refractivity contribution in [3.8, 4) is 0 Å². The quantitative estimate of drug-likeness (QED) is 0.648. The Morgan fingerprint density at radius 1 is 1.14 bits per heavy atom. The van der Waals surface area contributed by atoms with E-state index in [1.807, 2.05) is 0 Å². The van der Waals surface area contributed by atoms with Crippen molar-refractivity contribution >= 4 is 5.82 Å². The first-order valence-electron chi connectivity index (χ1n) is 7.36. The van der Waals surface area contributed by atoms with Crippen molar-refractivity contribution in [2.24, 2.45) is 5.84 Å². The molecule has 2 heterocycles. The fourth-order valence-electron chi connectivity index (χ4n) is 3.29. The largest absolute Gasteiger partial charge is 0.376 e. The molecule has 0 unspecified atom stereocenters. The van der Waals surface area contributed by atoms with Gasteiger partial charge >= 0.3 is 0 Å². The summed E-state index contributed by atoms with van der Waals surface area (Å²) in [5, 5.41) is 0. The van der Waals surface area contributed by atoms with Crippen LogP contribution in [0.15, 0.2) is 24.3 Å². The maximum Gasteiger partial charge on any atom is 0.149 e. The van der Waals surface area contributed by atoms with E-state index in [4.69, 9.17) is 15.6 Å². The van der Waals surface area contributed by atoms with Gasteiger partial charge in [-0.3, -0.25) is 0 Å². The molecule has 21 heavy (non-hydrogen) atoms. The van der Waals surface area contributed by atoms with Crippen molar-refractivity contribution in [3.63, 3.8) is 0 Å². The first-order chi connectivity index (χ1) is 10.3. The predicted octanol–water partition coefficient (Wildman–Crippen LogP) is 1.72. The van der Waals surface area contributed by atoms with Crippen molar-refractivity contribution in [2.45, 2.75) is 31.8 Å². The summed E-state index contributed by atoms with van der Waals surface area (Å²) >= 11 is 0. The van der Waals surface area contributed by atoms with Crippen LogP contribution in [0.4, 0.5) is 5.82 Å². The number of benzene rings is 1. The van der Waals surface area contributed by atoms with Crippen molar-refractivity contribution in [1.29, 1.82) is 0 Å². The summed E-state index contributed by atoms with van der Waals surface area (Å²) in [5.74, 6) is 7.60. The molecular formula is C16H18N4O. The molecule has 1 aromatic carbocycles. The average molecular weight is 282 g/mol. The molecule has 0 atom stereocenters. The molecule has 5 heteroatoms. The molecule has 4 rings (SSSR count). The third kappa shape index (κ3) is 2.18. The van der Waals surface area contributed by atoms with Gasteiger partial charge < -0.3 is 10.2 Å². The highest BCUT2D eigenvalue weighted by Crippen LogP contribution is 2.34. The van der Waals surface area contributed by atoms with Crippen molar-refractivity contribution in [1.82, 2.24) is 9.97 Å². The summed E-state index contributed by atoms with van der Waals surface area (Å²) in [4.78, 5) is 9.44. The van der Waals surface area contributed by atoms with Crippen LogP contribution >= 0.6 is 0 Å². The molecule has 0 radical (unpaired) electrons. The van der Waals surface area contributed by atoms with E-state index in [1.165, 1.54) is 11.1 Å². The zero-order chi connectivity index (χ0) is 14.2. The number of rotatable bonds is 2. The number of hydrogen-bond donors (Lipinski definition) is 2. The van der Waals surface area contributed by atoms with E-state index in [9.17, 15) is 0 Å². The molecule has 1 aliphatic carbocycles. The van der Waals surface area contributed by atoms with Gasteiger partial charge in [-0.05, 0) is 24.0 Å². The Balaban J connectivity index is 1.70. The van der Waals surface area contributed by atoms with Crippen LogP contribution in [0.1, 0.15) is 34.1 Å². The smallest absolute Gasteiger partial charge is 0.149 e. The molecule has 1 aromatic heterocycles. The van der Waals surface area contributed by atoms with Crippen molar-refractivity contribution in [3.05, 3.63) is 52.5 Å². The number of hydrogen-bond acceptors (Lipinski definition) is 5. The maximum atomic E-state index is 5.63.